The molecule has 0 amide bonds. The molecule has 3 aliphatic rings. The molecule has 28 nitrogen and oxygen atoms in total. The average Bonchev–Trinajstić information content (AvgIpc) is 3.75. The maximum absolute atomic E-state index is 11.6. The van der Waals surface area contributed by atoms with Gasteiger partial charge >= 0.3 is 17.1 Å². The molecule has 0 aliphatic carbocycles. The number of azide groups is 3. The largest absolute Gasteiger partial charge is 0.472 e. The number of rotatable bonds is 8. The third-order valence-electron chi connectivity index (χ3n) is 8.15. The lowest BCUT2D eigenvalue weighted by molar-refractivity contribution is -0.0532. The van der Waals surface area contributed by atoms with E-state index in [9.17, 15) is 44.1 Å². The standard InChI is InChI=1S/C9H10IN5O4.C9H11N5O5.C9H9N5O4.3CH4/c10-3-4-6(13-14-11)7(17)8(19-4)15-2-1-5(16)12-9(15)18;10-13-12-6-4(3-15)19-8(7(6)17)14-2-1-5(16)11-9(14)18;1-4-6(12-13-10)7(16)8(18-4)14-3-2-5(15)11-9(14)17;;;/h1-2,4,6-8,17H,3H2,(H,12,16,18);1-2,4,6-8,15,17H,3H2,(H,11,16,18);2-3,6-8,16H,1H2,(H,11,15,17);3*1H4/t2*4-,6-,7-,8-;6-,7-,8-;;;/m111.../s1. The fraction of sp³-hybridized carbons (Fsp3) is 0.533. The van der Waals surface area contributed by atoms with Crippen molar-refractivity contribution in [2.24, 2.45) is 15.3 Å². The molecule has 3 aliphatic heterocycles. The molecule has 0 radical (unpaired) electrons. The molecule has 29 heteroatoms. The van der Waals surface area contributed by atoms with Crippen LogP contribution in [0.3, 0.4) is 0 Å². The maximum atomic E-state index is 11.6. The van der Waals surface area contributed by atoms with E-state index < -0.39 is 108 Å². The maximum Gasteiger partial charge on any atom is 0.331 e. The number of alkyl halides is 1. The van der Waals surface area contributed by atoms with E-state index in [1.807, 2.05) is 32.6 Å². The van der Waals surface area contributed by atoms with Gasteiger partial charge in [0.25, 0.3) is 16.7 Å². The van der Waals surface area contributed by atoms with Gasteiger partial charge in [0, 0.05) is 56.0 Å². The lowest BCUT2D eigenvalue weighted by atomic mass is 10.1. The topological polar surface area (TPSA) is 419 Å². The van der Waals surface area contributed by atoms with E-state index in [1.54, 1.807) is 0 Å². The number of aliphatic hydroxyl groups excluding tert-OH is 4. The van der Waals surface area contributed by atoms with Gasteiger partial charge in [0.1, 0.15) is 30.1 Å². The normalized spacial score (nSPS) is 27.4. The number of aromatic nitrogens is 6. The smallest absolute Gasteiger partial charge is 0.331 e. The van der Waals surface area contributed by atoms with Crippen molar-refractivity contribution < 1.29 is 34.6 Å². The average molecular weight is 948 g/mol. The molecule has 322 valence electrons. The predicted octanol–water partition coefficient (Wildman–Crippen LogP) is -0.0979. The Hall–Kier alpha value is -6.00. The first-order chi connectivity index (χ1) is 26.7. The minimum absolute atomic E-state index is 0. The Morgan fingerprint density at radius 3 is 1.39 bits per heavy atom. The third kappa shape index (κ3) is 11.6. The highest BCUT2D eigenvalue weighted by atomic mass is 127. The second kappa shape index (κ2) is 22.8. The lowest BCUT2D eigenvalue weighted by Crippen LogP contribution is -2.37. The molecule has 6 rings (SSSR count). The van der Waals surface area contributed by atoms with Gasteiger partial charge in [-0.1, -0.05) is 66.8 Å². The van der Waals surface area contributed by atoms with Crippen molar-refractivity contribution in [3.63, 3.8) is 0 Å². The highest BCUT2D eigenvalue weighted by molar-refractivity contribution is 14.1. The molecule has 11 atom stereocenters. The van der Waals surface area contributed by atoms with Gasteiger partial charge in [-0.15, -0.1) is 0 Å². The van der Waals surface area contributed by atoms with Gasteiger partial charge in [0.05, 0.1) is 30.9 Å². The van der Waals surface area contributed by atoms with Crippen molar-refractivity contribution in [1.82, 2.24) is 28.7 Å². The molecule has 0 bridgehead atoms. The van der Waals surface area contributed by atoms with Crippen LogP contribution in [0.5, 0.6) is 0 Å². The second-order valence-corrected chi connectivity index (χ2v) is 12.4. The minimum atomic E-state index is -1.31. The number of aromatic amines is 3. The van der Waals surface area contributed by atoms with Crippen LogP contribution >= 0.6 is 22.6 Å². The molecule has 0 aromatic carbocycles. The Morgan fingerprint density at radius 1 is 0.661 bits per heavy atom. The Morgan fingerprint density at radius 2 is 1.03 bits per heavy atom. The van der Waals surface area contributed by atoms with Crippen LogP contribution in [0.4, 0.5) is 0 Å². The van der Waals surface area contributed by atoms with Crippen LogP contribution in [0.15, 0.2) is 93.2 Å². The Bertz CT molecular complexity index is 2300. The van der Waals surface area contributed by atoms with Crippen LogP contribution < -0.4 is 33.7 Å². The SMILES string of the molecule is C.C.C.C=C1O[C@@H](n2ccc(=O)[nH]c2=O)[C@H](O)[C@@H]1N=[N+]=[N-].[N-]=[N+]=N[C@H]1[C@@H](O)[C@H](n2ccc(=O)[nH]c2=O)O[C@@H]1CI.[N-]=[N+]=N[C@H]1[C@@H](O)[C@H](n2ccc(=O)[nH]c2=O)O[C@@H]1CO. The van der Waals surface area contributed by atoms with Crippen molar-refractivity contribution in [2.75, 3.05) is 11.0 Å². The van der Waals surface area contributed by atoms with Crippen LogP contribution in [0.1, 0.15) is 41.0 Å². The first kappa shape index (κ1) is 51.0. The number of nitrogens with zero attached hydrogens (tertiary/aromatic N) is 12. The van der Waals surface area contributed by atoms with Crippen LogP contribution in [0.2, 0.25) is 0 Å². The lowest BCUT2D eigenvalue weighted by Gasteiger charge is -2.16. The molecular formula is C30H42IN15O13. The van der Waals surface area contributed by atoms with E-state index >= 15 is 0 Å². The van der Waals surface area contributed by atoms with Crippen LogP contribution in [-0.2, 0) is 14.2 Å². The van der Waals surface area contributed by atoms with Crippen molar-refractivity contribution in [2.45, 2.75) is 89.6 Å². The van der Waals surface area contributed by atoms with E-state index in [2.05, 4.69) is 41.6 Å². The number of H-pyrrole nitrogens is 3. The number of ether oxygens (including phenoxy) is 3. The molecule has 6 heterocycles. The zero-order valence-corrected chi connectivity index (χ0v) is 30.3. The van der Waals surface area contributed by atoms with Crippen molar-refractivity contribution in [1.29, 1.82) is 0 Å². The highest BCUT2D eigenvalue weighted by Crippen LogP contribution is 2.33. The van der Waals surface area contributed by atoms with Crippen molar-refractivity contribution in [3.05, 3.63) is 143 Å². The van der Waals surface area contributed by atoms with Gasteiger partial charge in [-0.3, -0.25) is 43.0 Å². The molecular weight excluding hydrogens is 905 g/mol. The molecule has 0 unspecified atom stereocenters. The summed E-state index contributed by atoms with van der Waals surface area (Å²) in [6.45, 7) is 3.02. The van der Waals surface area contributed by atoms with Gasteiger partial charge in [-0.05, 0) is 16.6 Å². The fourth-order valence-corrected chi connectivity index (χ4v) is 6.26. The Labute approximate surface area is 344 Å². The summed E-state index contributed by atoms with van der Waals surface area (Å²) >= 11 is 2.03. The van der Waals surface area contributed by atoms with E-state index in [0.717, 1.165) is 38.1 Å². The van der Waals surface area contributed by atoms with Gasteiger partial charge < -0.3 is 34.6 Å². The number of halogens is 1. The number of nitrogens with one attached hydrogen (secondary N) is 3. The minimum Gasteiger partial charge on any atom is -0.472 e. The zero-order valence-electron chi connectivity index (χ0n) is 28.1. The van der Waals surface area contributed by atoms with Gasteiger partial charge in [-0.2, -0.15) is 0 Å². The quantitative estimate of drug-likeness (QED) is 0.0511. The molecule has 0 saturated carbocycles. The summed E-state index contributed by atoms with van der Waals surface area (Å²) in [7, 11) is 0. The Balaban J connectivity index is 0.000000432. The number of aliphatic hydroxyl groups is 4. The number of hydrogen-bond donors (Lipinski definition) is 7. The second-order valence-electron chi connectivity index (χ2n) is 11.5. The summed E-state index contributed by atoms with van der Waals surface area (Å²) < 4.78 is 19.5. The highest BCUT2D eigenvalue weighted by Gasteiger charge is 2.45. The summed E-state index contributed by atoms with van der Waals surface area (Å²) in [4.78, 5) is 81.5. The summed E-state index contributed by atoms with van der Waals surface area (Å²) in [5.41, 5.74) is 21.3. The van der Waals surface area contributed by atoms with Gasteiger partial charge in [0.2, 0.25) is 6.23 Å². The van der Waals surface area contributed by atoms with E-state index in [0.29, 0.717) is 4.43 Å². The summed E-state index contributed by atoms with van der Waals surface area (Å²) in [6, 6.07) is 0.591. The summed E-state index contributed by atoms with van der Waals surface area (Å²) in [5.74, 6) is 0.0587. The monoisotopic (exact) mass is 947 g/mol. The van der Waals surface area contributed by atoms with Crippen molar-refractivity contribution in [3.8, 4) is 0 Å². The van der Waals surface area contributed by atoms with E-state index in [1.165, 1.54) is 12.4 Å². The van der Waals surface area contributed by atoms with Crippen LogP contribution in [0, 0.1) is 0 Å². The molecule has 59 heavy (non-hydrogen) atoms. The summed E-state index contributed by atoms with van der Waals surface area (Å²) in [5, 5.41) is 49.2. The molecule has 3 aromatic rings. The van der Waals surface area contributed by atoms with Crippen LogP contribution in [-0.4, -0.2) is 109 Å². The molecule has 7 N–H and O–H groups in total. The Kier molecular flexibility index (Phi) is 19.7. The van der Waals surface area contributed by atoms with Gasteiger partial charge in [-0.25, -0.2) is 14.4 Å². The first-order valence-corrected chi connectivity index (χ1v) is 17.2. The van der Waals surface area contributed by atoms with E-state index in [-0.39, 0.29) is 28.0 Å². The zero-order chi connectivity index (χ0) is 41.3. The van der Waals surface area contributed by atoms with Gasteiger partial charge in [0.15, 0.2) is 12.5 Å². The molecule has 3 saturated heterocycles. The molecule has 3 aromatic heterocycles. The van der Waals surface area contributed by atoms with Crippen molar-refractivity contribution >= 4 is 22.6 Å². The summed E-state index contributed by atoms with van der Waals surface area (Å²) in [6.07, 6.45) is -4.77. The number of hydrogen-bond acceptors (Lipinski definition) is 16. The third-order valence-corrected chi connectivity index (χ3v) is 9.01. The van der Waals surface area contributed by atoms with E-state index in [4.69, 9.17) is 35.9 Å². The predicted molar refractivity (Wildman–Crippen MR) is 214 cm³/mol. The van der Waals surface area contributed by atoms with Crippen LogP contribution in [0.25, 0.3) is 31.3 Å². The molecule has 0 spiro atoms. The fourth-order valence-electron chi connectivity index (χ4n) is 5.53. The first-order valence-electron chi connectivity index (χ1n) is 15.7. The molecule has 3 fully saturated rings.